The molecule has 5 heteroatoms. The van der Waals surface area contributed by atoms with Gasteiger partial charge in [-0.1, -0.05) is 22.0 Å². The van der Waals surface area contributed by atoms with Crippen LogP contribution in [0.15, 0.2) is 45.0 Å². The zero-order valence-electron chi connectivity index (χ0n) is 11.0. The zero-order chi connectivity index (χ0) is 15.1. The van der Waals surface area contributed by atoms with Crippen molar-refractivity contribution in [2.45, 2.75) is 6.92 Å². The number of carbonyl (C=O) groups excluding carboxylic acids is 1. The minimum Gasteiger partial charge on any atom is -0.508 e. The number of aryl methyl sites for hydroxylation is 1. The second kappa shape index (κ2) is 5.31. The second-order valence-electron chi connectivity index (χ2n) is 4.75. The molecule has 0 aliphatic carbocycles. The quantitative estimate of drug-likeness (QED) is 0.685. The number of carbonyl (C=O) groups is 1. The van der Waals surface area contributed by atoms with E-state index < -0.39 is 0 Å². The number of benzene rings is 2. The first-order valence-electron chi connectivity index (χ1n) is 6.18. The highest BCUT2D eigenvalue weighted by molar-refractivity contribution is 9.11. The highest BCUT2D eigenvalue weighted by Gasteiger charge is 2.29. The molecule has 0 amide bonds. The predicted octanol–water partition coefficient (Wildman–Crippen LogP) is 4.84. The van der Waals surface area contributed by atoms with Crippen molar-refractivity contribution >= 4 is 43.7 Å². The van der Waals surface area contributed by atoms with E-state index in [1.54, 1.807) is 37.3 Å². The number of fused-ring (bicyclic) bond motifs is 1. The Kier molecular flexibility index (Phi) is 3.63. The van der Waals surface area contributed by atoms with Crippen molar-refractivity contribution in [3.05, 3.63) is 61.7 Å². The molecule has 0 bridgehead atoms. The third-order valence-electron chi connectivity index (χ3n) is 3.21. The van der Waals surface area contributed by atoms with Crippen LogP contribution in [0, 0.1) is 6.92 Å². The Morgan fingerprint density at radius 3 is 2.67 bits per heavy atom. The summed E-state index contributed by atoms with van der Waals surface area (Å²) in [5.41, 5.74) is 2.07. The van der Waals surface area contributed by atoms with Gasteiger partial charge in [-0.15, -0.1) is 0 Å². The van der Waals surface area contributed by atoms with Crippen LogP contribution in [-0.2, 0) is 0 Å². The Hall–Kier alpha value is -1.59. The van der Waals surface area contributed by atoms with Crippen molar-refractivity contribution < 1.29 is 14.6 Å². The van der Waals surface area contributed by atoms with Gasteiger partial charge in [0.25, 0.3) is 0 Å². The summed E-state index contributed by atoms with van der Waals surface area (Å²) in [5, 5.41) is 9.54. The Bertz CT molecular complexity index is 794. The summed E-state index contributed by atoms with van der Waals surface area (Å²) in [6, 6.07) is 8.71. The monoisotopic (exact) mass is 408 g/mol. The molecule has 2 aromatic carbocycles. The van der Waals surface area contributed by atoms with E-state index in [4.69, 9.17) is 4.74 Å². The molecule has 0 fully saturated rings. The number of ketones is 1. The van der Waals surface area contributed by atoms with E-state index >= 15 is 0 Å². The Morgan fingerprint density at radius 1 is 1.19 bits per heavy atom. The van der Waals surface area contributed by atoms with Gasteiger partial charge in [-0.3, -0.25) is 4.79 Å². The van der Waals surface area contributed by atoms with Gasteiger partial charge in [0.15, 0.2) is 11.5 Å². The molecule has 3 nitrogen and oxygen atoms in total. The van der Waals surface area contributed by atoms with E-state index in [0.29, 0.717) is 11.3 Å². The number of phenolic OH excluding ortho intramolecular Hbond substituents is 1. The minimum absolute atomic E-state index is 0.155. The largest absolute Gasteiger partial charge is 0.508 e. The molecule has 21 heavy (non-hydrogen) atoms. The maximum Gasteiger partial charge on any atom is 0.232 e. The fourth-order valence-corrected chi connectivity index (χ4v) is 3.44. The van der Waals surface area contributed by atoms with Gasteiger partial charge in [-0.05, 0) is 64.3 Å². The average Bonchev–Trinajstić information content (AvgIpc) is 2.72. The lowest BCUT2D eigenvalue weighted by Crippen LogP contribution is -1.98. The summed E-state index contributed by atoms with van der Waals surface area (Å²) in [6.45, 7) is 1.80. The van der Waals surface area contributed by atoms with Crippen LogP contribution in [-0.4, -0.2) is 10.9 Å². The summed E-state index contributed by atoms with van der Waals surface area (Å²) in [7, 11) is 0. The van der Waals surface area contributed by atoms with Gasteiger partial charge in [0.1, 0.15) is 5.75 Å². The lowest BCUT2D eigenvalue weighted by molar-refractivity contribution is 0.101. The number of phenols is 1. The molecule has 1 heterocycles. The molecular formula is C16H10Br2O3. The molecule has 0 atom stereocenters. The smallest absolute Gasteiger partial charge is 0.232 e. The van der Waals surface area contributed by atoms with Crippen molar-refractivity contribution in [1.82, 2.24) is 0 Å². The number of rotatable bonds is 1. The maximum atomic E-state index is 12.4. The van der Waals surface area contributed by atoms with Crippen LogP contribution in [0.1, 0.15) is 21.5 Å². The number of aromatic hydroxyl groups is 1. The van der Waals surface area contributed by atoms with Crippen LogP contribution in [0.4, 0.5) is 0 Å². The average molecular weight is 410 g/mol. The van der Waals surface area contributed by atoms with E-state index in [-0.39, 0.29) is 17.3 Å². The third-order valence-corrected chi connectivity index (χ3v) is 4.25. The highest BCUT2D eigenvalue weighted by Crippen LogP contribution is 2.40. The van der Waals surface area contributed by atoms with Gasteiger partial charge in [0, 0.05) is 4.47 Å². The number of hydrogen-bond acceptors (Lipinski definition) is 3. The number of Topliss-reactive ketones (excluding diaryl/α,β-unsaturated/α-hetero) is 1. The van der Waals surface area contributed by atoms with Crippen LogP contribution in [0.5, 0.6) is 11.5 Å². The normalized spacial score (nSPS) is 15.2. The van der Waals surface area contributed by atoms with Gasteiger partial charge in [0.05, 0.1) is 10.0 Å². The highest BCUT2D eigenvalue weighted by atomic mass is 79.9. The van der Waals surface area contributed by atoms with E-state index in [0.717, 1.165) is 20.1 Å². The van der Waals surface area contributed by atoms with Crippen LogP contribution in [0.2, 0.25) is 0 Å². The molecule has 0 aromatic heterocycles. The predicted molar refractivity (Wildman–Crippen MR) is 87.6 cm³/mol. The summed E-state index contributed by atoms with van der Waals surface area (Å²) < 4.78 is 7.20. The van der Waals surface area contributed by atoms with Crippen molar-refractivity contribution in [2.75, 3.05) is 0 Å². The first-order chi connectivity index (χ1) is 9.95. The van der Waals surface area contributed by atoms with Crippen molar-refractivity contribution in [2.24, 2.45) is 0 Å². The summed E-state index contributed by atoms with van der Waals surface area (Å²) >= 11 is 6.75. The summed E-state index contributed by atoms with van der Waals surface area (Å²) in [5.74, 6) is 0.877. The van der Waals surface area contributed by atoms with Gasteiger partial charge in [0.2, 0.25) is 5.78 Å². The van der Waals surface area contributed by atoms with Crippen molar-refractivity contribution in [3.63, 3.8) is 0 Å². The standard InChI is InChI=1S/C16H10Br2O3/c1-8-4-9(2-3-13(8)19)5-14-15(20)11-6-10(17)7-12(18)16(11)21-14/h2-7,19H,1H3/b14-5-. The van der Waals surface area contributed by atoms with Crippen LogP contribution in [0.25, 0.3) is 6.08 Å². The van der Waals surface area contributed by atoms with Gasteiger partial charge in [-0.25, -0.2) is 0 Å². The van der Waals surface area contributed by atoms with E-state index in [2.05, 4.69) is 31.9 Å². The Labute approximate surface area is 138 Å². The van der Waals surface area contributed by atoms with Crippen LogP contribution < -0.4 is 4.74 Å². The van der Waals surface area contributed by atoms with Crippen molar-refractivity contribution in [3.8, 4) is 11.5 Å². The minimum atomic E-state index is -0.155. The number of allylic oxidation sites excluding steroid dienone is 1. The van der Waals surface area contributed by atoms with Crippen LogP contribution >= 0.6 is 31.9 Å². The van der Waals surface area contributed by atoms with Gasteiger partial charge >= 0.3 is 0 Å². The molecule has 0 saturated heterocycles. The number of halogens is 2. The molecule has 1 N–H and O–H groups in total. The molecule has 0 unspecified atom stereocenters. The summed E-state index contributed by atoms with van der Waals surface area (Å²) in [6.07, 6.45) is 1.68. The molecule has 0 spiro atoms. The molecule has 3 rings (SSSR count). The second-order valence-corrected chi connectivity index (χ2v) is 6.52. The molecule has 1 aliphatic heterocycles. The fourth-order valence-electron chi connectivity index (χ4n) is 2.14. The maximum absolute atomic E-state index is 12.4. The molecule has 106 valence electrons. The fraction of sp³-hybridized carbons (Fsp3) is 0.0625. The Balaban J connectivity index is 2.03. The van der Waals surface area contributed by atoms with E-state index in [1.807, 2.05) is 6.07 Å². The first-order valence-corrected chi connectivity index (χ1v) is 7.77. The van der Waals surface area contributed by atoms with E-state index in [1.165, 1.54) is 0 Å². The van der Waals surface area contributed by atoms with Crippen molar-refractivity contribution in [1.29, 1.82) is 0 Å². The lowest BCUT2D eigenvalue weighted by Gasteiger charge is -2.02. The zero-order valence-corrected chi connectivity index (χ0v) is 14.2. The molecule has 0 saturated carbocycles. The number of hydrogen-bond donors (Lipinski definition) is 1. The first kappa shape index (κ1) is 14.4. The van der Waals surface area contributed by atoms with Crippen LogP contribution in [0.3, 0.4) is 0 Å². The SMILES string of the molecule is Cc1cc(/C=C2\Oc3c(Br)cc(Br)cc3C2=O)ccc1O. The third kappa shape index (κ3) is 2.63. The number of ether oxygens (including phenoxy) is 1. The molecule has 0 radical (unpaired) electrons. The summed E-state index contributed by atoms with van der Waals surface area (Å²) in [4.78, 5) is 12.4. The van der Waals surface area contributed by atoms with Gasteiger partial charge < -0.3 is 9.84 Å². The molecule has 1 aliphatic rings. The Morgan fingerprint density at radius 2 is 1.95 bits per heavy atom. The van der Waals surface area contributed by atoms with Gasteiger partial charge in [-0.2, -0.15) is 0 Å². The lowest BCUT2D eigenvalue weighted by atomic mass is 10.1. The topological polar surface area (TPSA) is 46.5 Å². The molecule has 2 aromatic rings. The molecular weight excluding hydrogens is 400 g/mol. The van der Waals surface area contributed by atoms with E-state index in [9.17, 15) is 9.90 Å².